The maximum Gasteiger partial charge on any atom is 0.0679 e. The Hall–Kier alpha value is -0.0800. The van der Waals surface area contributed by atoms with E-state index < -0.39 is 0 Å². The van der Waals surface area contributed by atoms with Crippen LogP contribution in [0.2, 0.25) is 0 Å². The molecular weight excluding hydrogens is 162 g/mol. The van der Waals surface area contributed by atoms with Gasteiger partial charge in [-0.25, -0.2) is 0 Å². The van der Waals surface area contributed by atoms with Crippen molar-refractivity contribution in [2.24, 2.45) is 5.92 Å². The molecule has 80 valence electrons. The van der Waals surface area contributed by atoms with Gasteiger partial charge in [-0.1, -0.05) is 27.2 Å². The predicted octanol–water partition coefficient (Wildman–Crippen LogP) is 3.13. The fourth-order valence-corrected chi connectivity index (χ4v) is 1.10. The fourth-order valence-electron chi connectivity index (χ4n) is 1.10. The van der Waals surface area contributed by atoms with Crippen LogP contribution in [0.1, 0.15) is 53.4 Å². The summed E-state index contributed by atoms with van der Waals surface area (Å²) in [5.41, 5.74) is 3.06. The summed E-state index contributed by atoms with van der Waals surface area (Å²) in [5, 5.41) is 0. The largest absolute Gasteiger partial charge is 0.302 e. The van der Waals surface area contributed by atoms with Crippen molar-refractivity contribution in [3.63, 3.8) is 0 Å². The molecule has 0 bridgehead atoms. The summed E-state index contributed by atoms with van der Waals surface area (Å²) in [6, 6.07) is 0.487. The number of hydroxylamine groups is 1. The molecule has 2 atom stereocenters. The van der Waals surface area contributed by atoms with Gasteiger partial charge >= 0.3 is 0 Å². The zero-order valence-electron chi connectivity index (χ0n) is 9.60. The summed E-state index contributed by atoms with van der Waals surface area (Å²) in [6.45, 7) is 9.66. The van der Waals surface area contributed by atoms with Gasteiger partial charge in [-0.3, -0.25) is 0 Å². The molecule has 13 heavy (non-hydrogen) atoms. The van der Waals surface area contributed by atoms with Gasteiger partial charge in [0, 0.05) is 6.04 Å². The second kappa shape index (κ2) is 8.52. The minimum atomic E-state index is 0.487. The van der Waals surface area contributed by atoms with Crippen LogP contribution in [0.25, 0.3) is 0 Å². The van der Waals surface area contributed by atoms with Gasteiger partial charge in [0.2, 0.25) is 0 Å². The molecule has 0 aliphatic rings. The Morgan fingerprint density at radius 1 is 1.15 bits per heavy atom. The molecule has 0 rings (SSSR count). The van der Waals surface area contributed by atoms with Gasteiger partial charge in [0.15, 0.2) is 0 Å². The van der Waals surface area contributed by atoms with Crippen molar-refractivity contribution in [3.8, 4) is 0 Å². The molecule has 1 N–H and O–H groups in total. The van der Waals surface area contributed by atoms with Crippen LogP contribution in [0, 0.1) is 5.92 Å². The summed E-state index contributed by atoms with van der Waals surface area (Å²) in [7, 11) is 0. The van der Waals surface area contributed by atoms with Crippen LogP contribution in [0.15, 0.2) is 0 Å². The maximum atomic E-state index is 5.26. The smallest absolute Gasteiger partial charge is 0.0679 e. The second-order valence-corrected chi connectivity index (χ2v) is 3.96. The van der Waals surface area contributed by atoms with Gasteiger partial charge in [0.05, 0.1) is 6.61 Å². The van der Waals surface area contributed by atoms with E-state index in [4.69, 9.17) is 4.84 Å². The molecule has 0 aromatic rings. The first-order valence-electron chi connectivity index (χ1n) is 5.58. The Morgan fingerprint density at radius 3 is 2.38 bits per heavy atom. The Labute approximate surface area is 83.0 Å². The highest BCUT2D eigenvalue weighted by Gasteiger charge is 2.04. The topological polar surface area (TPSA) is 21.3 Å². The predicted molar refractivity (Wildman–Crippen MR) is 57.5 cm³/mol. The Balaban J connectivity index is 3.24. The van der Waals surface area contributed by atoms with Crippen LogP contribution in [-0.4, -0.2) is 12.6 Å². The van der Waals surface area contributed by atoms with Gasteiger partial charge in [-0.05, 0) is 32.1 Å². The van der Waals surface area contributed by atoms with E-state index in [2.05, 4.69) is 33.2 Å². The third-order valence-electron chi connectivity index (χ3n) is 2.38. The van der Waals surface area contributed by atoms with Gasteiger partial charge < -0.3 is 4.84 Å². The average Bonchev–Trinajstić information content (AvgIpc) is 2.14. The molecule has 0 saturated heterocycles. The number of hydrogen-bond acceptors (Lipinski definition) is 2. The second-order valence-electron chi connectivity index (χ2n) is 3.96. The maximum absolute atomic E-state index is 5.26. The molecule has 0 aromatic heterocycles. The third kappa shape index (κ3) is 8.26. The third-order valence-corrected chi connectivity index (χ3v) is 2.38. The number of hydrogen-bond donors (Lipinski definition) is 1. The average molecular weight is 187 g/mol. The molecule has 0 fully saturated rings. The molecule has 0 amide bonds. The number of rotatable bonds is 8. The van der Waals surface area contributed by atoms with Crippen LogP contribution in [0.3, 0.4) is 0 Å². The van der Waals surface area contributed by atoms with Crippen molar-refractivity contribution >= 4 is 0 Å². The van der Waals surface area contributed by atoms with E-state index in [0.717, 1.165) is 18.9 Å². The van der Waals surface area contributed by atoms with E-state index in [1.807, 2.05) is 0 Å². The van der Waals surface area contributed by atoms with E-state index in [0.29, 0.717) is 6.04 Å². The Morgan fingerprint density at radius 2 is 1.85 bits per heavy atom. The molecule has 0 radical (unpaired) electrons. The highest BCUT2D eigenvalue weighted by Crippen LogP contribution is 2.10. The highest BCUT2D eigenvalue weighted by molar-refractivity contribution is 4.58. The van der Waals surface area contributed by atoms with Crippen LogP contribution in [0.4, 0.5) is 0 Å². The van der Waals surface area contributed by atoms with Crippen molar-refractivity contribution in [2.75, 3.05) is 6.61 Å². The minimum Gasteiger partial charge on any atom is -0.302 e. The molecule has 0 aliphatic carbocycles. The zero-order valence-corrected chi connectivity index (χ0v) is 9.60. The van der Waals surface area contributed by atoms with Crippen molar-refractivity contribution in [1.82, 2.24) is 5.48 Å². The molecule has 0 saturated carbocycles. The monoisotopic (exact) mass is 187 g/mol. The van der Waals surface area contributed by atoms with Crippen LogP contribution < -0.4 is 5.48 Å². The molecule has 0 aromatic carbocycles. The molecule has 0 spiro atoms. The molecule has 2 heteroatoms. The summed E-state index contributed by atoms with van der Waals surface area (Å²) in [5.74, 6) is 0.843. The minimum absolute atomic E-state index is 0.487. The first-order chi connectivity index (χ1) is 6.20. The fraction of sp³-hybridized carbons (Fsp3) is 1.00. The van der Waals surface area contributed by atoms with Gasteiger partial charge in [0.25, 0.3) is 0 Å². The van der Waals surface area contributed by atoms with Gasteiger partial charge in [-0.2, -0.15) is 5.48 Å². The Bertz CT molecular complexity index is 106. The summed E-state index contributed by atoms with van der Waals surface area (Å²) < 4.78 is 0. The lowest BCUT2D eigenvalue weighted by Crippen LogP contribution is -2.26. The van der Waals surface area contributed by atoms with Crippen LogP contribution >= 0.6 is 0 Å². The van der Waals surface area contributed by atoms with Crippen LogP contribution in [0.5, 0.6) is 0 Å². The molecular formula is C11H25NO. The van der Waals surface area contributed by atoms with Crippen molar-refractivity contribution in [3.05, 3.63) is 0 Å². The Kier molecular flexibility index (Phi) is 8.46. The van der Waals surface area contributed by atoms with Crippen LogP contribution in [-0.2, 0) is 4.84 Å². The van der Waals surface area contributed by atoms with Crippen molar-refractivity contribution in [1.29, 1.82) is 0 Å². The van der Waals surface area contributed by atoms with Crippen molar-refractivity contribution < 1.29 is 4.84 Å². The van der Waals surface area contributed by atoms with Gasteiger partial charge in [-0.15, -0.1) is 0 Å². The molecule has 0 aliphatic heterocycles. The summed E-state index contributed by atoms with van der Waals surface area (Å²) in [4.78, 5) is 5.26. The zero-order chi connectivity index (χ0) is 10.1. The van der Waals surface area contributed by atoms with E-state index in [1.54, 1.807) is 0 Å². The molecule has 2 nitrogen and oxygen atoms in total. The number of nitrogens with one attached hydrogen (secondary N) is 1. The van der Waals surface area contributed by atoms with E-state index >= 15 is 0 Å². The molecule has 0 heterocycles. The molecule has 2 unspecified atom stereocenters. The lowest BCUT2D eigenvalue weighted by Gasteiger charge is -2.15. The SMILES string of the molecule is CCCONC(C)CCC(C)CC. The summed E-state index contributed by atoms with van der Waals surface area (Å²) in [6.07, 6.45) is 4.85. The first-order valence-corrected chi connectivity index (χ1v) is 5.58. The lowest BCUT2D eigenvalue weighted by molar-refractivity contribution is 0.0174. The lowest BCUT2D eigenvalue weighted by atomic mass is 10.0. The summed E-state index contributed by atoms with van der Waals surface area (Å²) >= 11 is 0. The quantitative estimate of drug-likeness (QED) is 0.465. The highest BCUT2D eigenvalue weighted by atomic mass is 16.6. The van der Waals surface area contributed by atoms with E-state index in [1.165, 1.54) is 19.3 Å². The first kappa shape index (κ1) is 12.9. The van der Waals surface area contributed by atoms with Crippen molar-refractivity contribution in [2.45, 2.75) is 59.4 Å². The van der Waals surface area contributed by atoms with Gasteiger partial charge in [0.1, 0.15) is 0 Å². The normalized spacial score (nSPS) is 15.7. The van der Waals surface area contributed by atoms with E-state index in [-0.39, 0.29) is 0 Å². The standard InChI is InChI=1S/C11H25NO/c1-5-9-13-12-11(4)8-7-10(3)6-2/h10-12H,5-9H2,1-4H3. The van der Waals surface area contributed by atoms with E-state index in [9.17, 15) is 0 Å².